The van der Waals surface area contributed by atoms with Crippen molar-refractivity contribution < 1.29 is 4.74 Å². The number of benzene rings is 2. The van der Waals surface area contributed by atoms with E-state index in [0.717, 1.165) is 24.1 Å². The van der Waals surface area contributed by atoms with Gasteiger partial charge in [-0.2, -0.15) is 0 Å². The topological polar surface area (TPSA) is 12.5 Å². The molecule has 1 heterocycles. The molecule has 23 heavy (non-hydrogen) atoms. The molecule has 2 aromatic rings. The summed E-state index contributed by atoms with van der Waals surface area (Å²) in [5.74, 6) is 2.56. The van der Waals surface area contributed by atoms with Crippen LogP contribution in [0.4, 0.5) is 0 Å². The highest BCUT2D eigenvalue weighted by Gasteiger charge is 2.34. The molecule has 2 atom stereocenters. The van der Waals surface area contributed by atoms with Crippen molar-refractivity contribution in [3.63, 3.8) is 0 Å². The molecule has 0 radical (unpaired) electrons. The van der Waals surface area contributed by atoms with Gasteiger partial charge in [0.15, 0.2) is 0 Å². The number of aryl methyl sites for hydroxylation is 1. The molecule has 0 unspecified atom stereocenters. The summed E-state index contributed by atoms with van der Waals surface area (Å²) in [5.41, 5.74) is 4.54. The third kappa shape index (κ3) is 3.00. The lowest BCUT2D eigenvalue weighted by molar-refractivity contribution is 0.135. The molecule has 0 saturated carbocycles. The fourth-order valence-electron chi connectivity index (χ4n) is 4.42. The summed E-state index contributed by atoms with van der Waals surface area (Å²) in [7, 11) is 1.76. The standard InChI is InChI=1S/C21H25NO/c1-23-19-9-10-20-17(13-19)7-8-18-15-22(12-11-21(18)20)14-16-5-3-2-4-6-16/h2-6,9-10,13,18,21H,7-8,11-12,14-15H2,1H3/t18-,21+/m0/s1. The summed E-state index contributed by atoms with van der Waals surface area (Å²) in [4.78, 5) is 2.64. The summed E-state index contributed by atoms with van der Waals surface area (Å²) in [6, 6.07) is 17.6. The zero-order valence-corrected chi connectivity index (χ0v) is 13.9. The van der Waals surface area contributed by atoms with Crippen LogP contribution in [0.25, 0.3) is 0 Å². The van der Waals surface area contributed by atoms with Crippen molar-refractivity contribution in [1.82, 2.24) is 4.90 Å². The van der Waals surface area contributed by atoms with E-state index in [-0.39, 0.29) is 0 Å². The number of nitrogens with zero attached hydrogens (tertiary/aromatic N) is 1. The number of hydrogen-bond acceptors (Lipinski definition) is 2. The van der Waals surface area contributed by atoms with E-state index in [1.165, 1.54) is 43.5 Å². The second-order valence-electron chi connectivity index (χ2n) is 6.98. The van der Waals surface area contributed by atoms with Crippen LogP contribution in [0.2, 0.25) is 0 Å². The highest BCUT2D eigenvalue weighted by Crippen LogP contribution is 2.42. The number of ether oxygens (including phenoxy) is 1. The van der Waals surface area contributed by atoms with Gasteiger partial charge in [-0.25, -0.2) is 0 Å². The lowest BCUT2D eigenvalue weighted by Gasteiger charge is -2.42. The Morgan fingerprint density at radius 3 is 2.78 bits per heavy atom. The first-order valence-corrected chi connectivity index (χ1v) is 8.76. The van der Waals surface area contributed by atoms with Gasteiger partial charge in [-0.05, 0) is 66.5 Å². The van der Waals surface area contributed by atoms with E-state index in [9.17, 15) is 0 Å². The van der Waals surface area contributed by atoms with E-state index in [0.29, 0.717) is 0 Å². The molecule has 2 heteroatoms. The number of rotatable bonds is 3. The Labute approximate surface area is 139 Å². The van der Waals surface area contributed by atoms with Crippen molar-refractivity contribution in [3.05, 3.63) is 65.2 Å². The average molecular weight is 307 g/mol. The number of hydrogen-bond donors (Lipinski definition) is 0. The SMILES string of the molecule is COc1ccc2c(c1)CC[C@H]1CN(Cc3ccccc3)CC[C@@H]21. The van der Waals surface area contributed by atoms with Crippen molar-refractivity contribution in [3.8, 4) is 5.75 Å². The minimum Gasteiger partial charge on any atom is -0.497 e. The molecule has 1 aliphatic heterocycles. The highest BCUT2D eigenvalue weighted by atomic mass is 16.5. The summed E-state index contributed by atoms with van der Waals surface area (Å²) < 4.78 is 5.39. The Balaban J connectivity index is 1.47. The van der Waals surface area contributed by atoms with E-state index in [2.05, 4.69) is 53.4 Å². The van der Waals surface area contributed by atoms with Gasteiger partial charge in [0.05, 0.1) is 7.11 Å². The largest absolute Gasteiger partial charge is 0.497 e. The summed E-state index contributed by atoms with van der Waals surface area (Å²) >= 11 is 0. The molecular formula is C21H25NO. The molecular weight excluding hydrogens is 282 g/mol. The quantitative estimate of drug-likeness (QED) is 0.840. The van der Waals surface area contributed by atoms with Gasteiger partial charge in [0, 0.05) is 13.1 Å². The van der Waals surface area contributed by atoms with E-state index in [4.69, 9.17) is 4.74 Å². The maximum absolute atomic E-state index is 5.39. The Hall–Kier alpha value is -1.80. The van der Waals surface area contributed by atoms with Crippen molar-refractivity contribution >= 4 is 0 Å². The van der Waals surface area contributed by atoms with Crippen LogP contribution < -0.4 is 4.74 Å². The Bertz CT molecular complexity index is 667. The van der Waals surface area contributed by atoms with Gasteiger partial charge in [-0.3, -0.25) is 4.90 Å². The fourth-order valence-corrected chi connectivity index (χ4v) is 4.42. The molecule has 0 aromatic heterocycles. The molecule has 2 nitrogen and oxygen atoms in total. The minimum atomic E-state index is 0.747. The molecule has 1 fully saturated rings. The smallest absolute Gasteiger partial charge is 0.119 e. The van der Waals surface area contributed by atoms with Crippen LogP contribution in [-0.4, -0.2) is 25.1 Å². The van der Waals surface area contributed by atoms with Crippen molar-refractivity contribution in [2.45, 2.75) is 31.7 Å². The Kier molecular flexibility index (Phi) is 4.09. The molecule has 4 rings (SSSR count). The number of fused-ring (bicyclic) bond motifs is 3. The summed E-state index contributed by atoms with van der Waals surface area (Å²) in [6.07, 6.45) is 3.81. The predicted octanol–water partition coefficient (Wildman–Crippen LogP) is 4.25. The molecule has 1 aliphatic carbocycles. The molecule has 1 saturated heterocycles. The molecule has 120 valence electrons. The van der Waals surface area contributed by atoms with E-state index < -0.39 is 0 Å². The third-order valence-electron chi connectivity index (χ3n) is 5.60. The van der Waals surface area contributed by atoms with Crippen LogP contribution in [-0.2, 0) is 13.0 Å². The van der Waals surface area contributed by atoms with E-state index in [1.54, 1.807) is 12.7 Å². The highest BCUT2D eigenvalue weighted by molar-refractivity contribution is 5.40. The Morgan fingerprint density at radius 2 is 1.96 bits per heavy atom. The second-order valence-corrected chi connectivity index (χ2v) is 6.98. The average Bonchev–Trinajstić information content (AvgIpc) is 2.61. The number of methoxy groups -OCH3 is 1. The monoisotopic (exact) mass is 307 g/mol. The second kappa shape index (κ2) is 6.37. The normalized spacial score (nSPS) is 23.9. The first-order valence-electron chi connectivity index (χ1n) is 8.76. The fraction of sp³-hybridized carbons (Fsp3) is 0.429. The van der Waals surface area contributed by atoms with Gasteiger partial charge in [0.25, 0.3) is 0 Å². The first kappa shape index (κ1) is 14.8. The van der Waals surface area contributed by atoms with Gasteiger partial charge >= 0.3 is 0 Å². The molecule has 0 bridgehead atoms. The number of likely N-dealkylation sites (tertiary alicyclic amines) is 1. The lowest BCUT2D eigenvalue weighted by Crippen LogP contribution is -2.41. The van der Waals surface area contributed by atoms with Crippen LogP contribution in [0, 0.1) is 5.92 Å². The minimum absolute atomic E-state index is 0.747. The maximum atomic E-state index is 5.39. The van der Waals surface area contributed by atoms with E-state index >= 15 is 0 Å². The van der Waals surface area contributed by atoms with Gasteiger partial charge in [0.1, 0.15) is 5.75 Å². The molecule has 0 spiro atoms. The molecule has 0 amide bonds. The Morgan fingerprint density at radius 1 is 1.09 bits per heavy atom. The first-order chi connectivity index (χ1) is 11.3. The van der Waals surface area contributed by atoms with Crippen LogP contribution in [0.3, 0.4) is 0 Å². The van der Waals surface area contributed by atoms with Crippen LogP contribution in [0.15, 0.2) is 48.5 Å². The van der Waals surface area contributed by atoms with Crippen molar-refractivity contribution in [1.29, 1.82) is 0 Å². The van der Waals surface area contributed by atoms with Gasteiger partial charge in [-0.1, -0.05) is 36.4 Å². The van der Waals surface area contributed by atoms with Crippen molar-refractivity contribution in [2.24, 2.45) is 5.92 Å². The zero-order valence-electron chi connectivity index (χ0n) is 13.9. The van der Waals surface area contributed by atoms with Crippen LogP contribution in [0.1, 0.15) is 35.4 Å². The van der Waals surface area contributed by atoms with Crippen molar-refractivity contribution in [2.75, 3.05) is 20.2 Å². The van der Waals surface area contributed by atoms with Gasteiger partial charge in [-0.15, -0.1) is 0 Å². The molecule has 2 aromatic carbocycles. The molecule has 2 aliphatic rings. The van der Waals surface area contributed by atoms with Crippen LogP contribution >= 0.6 is 0 Å². The zero-order chi connectivity index (χ0) is 15.6. The maximum Gasteiger partial charge on any atom is 0.119 e. The van der Waals surface area contributed by atoms with Gasteiger partial charge < -0.3 is 4.74 Å². The summed E-state index contributed by atoms with van der Waals surface area (Å²) in [6.45, 7) is 3.55. The van der Waals surface area contributed by atoms with Crippen LogP contribution in [0.5, 0.6) is 5.75 Å². The lowest BCUT2D eigenvalue weighted by atomic mass is 9.71. The van der Waals surface area contributed by atoms with E-state index in [1.807, 2.05) is 0 Å². The summed E-state index contributed by atoms with van der Waals surface area (Å²) in [5, 5.41) is 0. The third-order valence-corrected chi connectivity index (χ3v) is 5.60. The van der Waals surface area contributed by atoms with Gasteiger partial charge in [0.2, 0.25) is 0 Å². The predicted molar refractivity (Wildman–Crippen MR) is 93.9 cm³/mol. The number of piperidine rings is 1. The molecule has 0 N–H and O–H groups in total.